The Balaban J connectivity index is 2.55. The molecule has 0 heterocycles. The maximum atomic E-state index is 12.6. The highest BCUT2D eigenvalue weighted by Gasteiger charge is 2.29. The van der Waals surface area contributed by atoms with Crippen molar-refractivity contribution in [2.45, 2.75) is 112 Å². The lowest BCUT2D eigenvalue weighted by molar-refractivity contribution is -0.116. The summed E-state index contributed by atoms with van der Waals surface area (Å²) in [5.74, 6) is -0.100. The molecule has 0 saturated carbocycles. The fourth-order valence-electron chi connectivity index (χ4n) is 3.79. The van der Waals surface area contributed by atoms with E-state index in [1.165, 1.54) is 16.7 Å². The predicted molar refractivity (Wildman–Crippen MR) is 136 cm³/mol. The van der Waals surface area contributed by atoms with Crippen LogP contribution in [-0.2, 0) is 9.59 Å². The van der Waals surface area contributed by atoms with Crippen LogP contribution >= 0.6 is 0 Å². The molecule has 3 heteroatoms. The number of hydrogen-bond acceptors (Lipinski definition) is 3. The lowest BCUT2D eigenvalue weighted by atomic mass is 9.82. The number of Topliss-reactive ketones (excluding diaryl/α,β-unsaturated/α-hetero) is 2. The summed E-state index contributed by atoms with van der Waals surface area (Å²) >= 11 is 0. The summed E-state index contributed by atoms with van der Waals surface area (Å²) < 4.78 is 0. The van der Waals surface area contributed by atoms with E-state index in [9.17, 15) is 14.7 Å². The van der Waals surface area contributed by atoms with E-state index in [0.29, 0.717) is 41.6 Å². The highest BCUT2D eigenvalue weighted by atomic mass is 16.3. The maximum Gasteiger partial charge on any atom is 0.185 e. The van der Waals surface area contributed by atoms with Gasteiger partial charge < -0.3 is 5.11 Å². The second-order valence-corrected chi connectivity index (χ2v) is 9.80. The molecule has 0 radical (unpaired) electrons. The molecule has 1 aliphatic rings. The molecule has 0 spiro atoms. The minimum Gasteiger partial charge on any atom is -0.390 e. The smallest absolute Gasteiger partial charge is 0.185 e. The van der Waals surface area contributed by atoms with Gasteiger partial charge in [-0.25, -0.2) is 0 Å². The predicted octanol–water partition coefficient (Wildman–Crippen LogP) is 7.52. The summed E-state index contributed by atoms with van der Waals surface area (Å²) in [6.07, 6.45) is 13.5. The Hall–Kier alpha value is -2.00. The van der Waals surface area contributed by atoms with Crippen LogP contribution in [0.2, 0.25) is 0 Å². The molecule has 1 unspecified atom stereocenters. The van der Waals surface area contributed by atoms with Crippen LogP contribution in [-0.4, -0.2) is 22.3 Å². The van der Waals surface area contributed by atoms with Crippen molar-refractivity contribution in [1.29, 1.82) is 0 Å². The number of carbonyl (C=O) groups excluding carboxylic acids is 2. The van der Waals surface area contributed by atoms with Gasteiger partial charge in [0.05, 0.1) is 5.60 Å². The normalized spacial score (nSPS) is 18.6. The molecule has 32 heavy (non-hydrogen) atoms. The van der Waals surface area contributed by atoms with Crippen molar-refractivity contribution in [3.05, 3.63) is 57.2 Å². The van der Waals surface area contributed by atoms with Gasteiger partial charge in [0.15, 0.2) is 11.6 Å². The standard InChI is InChI=1S/C29H44O3/c1-9-20(2)12-10-13-21(3)14-11-15-22(4)16-18-29(8,32)19-17-26-25(7)27(30)23(5)24(6)28(26)31/h12,14,16,32H,9-11,13,15,17-19H2,1-8H3/b20-12+,21-14+,22-16+. The summed E-state index contributed by atoms with van der Waals surface area (Å²) in [4.78, 5) is 24.9. The van der Waals surface area contributed by atoms with Crippen molar-refractivity contribution in [2.75, 3.05) is 0 Å². The van der Waals surface area contributed by atoms with Crippen LogP contribution in [0.1, 0.15) is 107 Å². The SMILES string of the molecule is CC/C(C)=C/CC/C(C)=C/CC/C(C)=C/CC(C)(O)CCC1=C(C)C(=O)C(C)=C(C)C1=O. The zero-order chi connectivity index (χ0) is 24.5. The average Bonchev–Trinajstić information content (AvgIpc) is 2.74. The lowest BCUT2D eigenvalue weighted by Crippen LogP contribution is -2.26. The molecule has 0 amide bonds. The Bertz CT molecular complexity index is 857. The van der Waals surface area contributed by atoms with Crippen molar-refractivity contribution >= 4 is 11.6 Å². The van der Waals surface area contributed by atoms with E-state index in [-0.39, 0.29) is 11.6 Å². The summed E-state index contributed by atoms with van der Waals surface area (Å²) in [6, 6.07) is 0. The van der Waals surface area contributed by atoms with Gasteiger partial charge in [0.1, 0.15) is 0 Å². The Morgan fingerprint density at radius 2 is 1.31 bits per heavy atom. The molecule has 0 bridgehead atoms. The van der Waals surface area contributed by atoms with E-state index in [0.717, 1.165) is 32.1 Å². The minimum absolute atomic E-state index is 0.0487. The Morgan fingerprint density at radius 3 is 1.88 bits per heavy atom. The second kappa shape index (κ2) is 12.9. The van der Waals surface area contributed by atoms with Crippen molar-refractivity contribution in [3.8, 4) is 0 Å². The van der Waals surface area contributed by atoms with E-state index in [1.54, 1.807) is 20.8 Å². The molecule has 1 N–H and O–H groups in total. The molecule has 178 valence electrons. The van der Waals surface area contributed by atoms with Gasteiger partial charge in [-0.15, -0.1) is 0 Å². The molecule has 1 rings (SSSR count). The van der Waals surface area contributed by atoms with E-state index >= 15 is 0 Å². The fraction of sp³-hybridized carbons (Fsp3) is 0.586. The molecular weight excluding hydrogens is 396 g/mol. The van der Waals surface area contributed by atoms with Gasteiger partial charge in [0, 0.05) is 22.3 Å². The summed E-state index contributed by atoms with van der Waals surface area (Å²) in [7, 11) is 0. The molecule has 0 aromatic rings. The minimum atomic E-state index is -0.906. The Labute approximate surface area is 196 Å². The lowest BCUT2D eigenvalue weighted by Gasteiger charge is -2.25. The topological polar surface area (TPSA) is 54.4 Å². The van der Waals surface area contributed by atoms with Gasteiger partial charge in [-0.3, -0.25) is 9.59 Å². The van der Waals surface area contributed by atoms with Crippen molar-refractivity contribution in [2.24, 2.45) is 0 Å². The average molecular weight is 441 g/mol. The van der Waals surface area contributed by atoms with Gasteiger partial charge in [0.25, 0.3) is 0 Å². The first-order valence-corrected chi connectivity index (χ1v) is 12.1. The van der Waals surface area contributed by atoms with Crippen molar-refractivity contribution in [1.82, 2.24) is 0 Å². The molecular formula is C29H44O3. The third-order valence-corrected chi connectivity index (χ3v) is 6.74. The van der Waals surface area contributed by atoms with E-state index in [4.69, 9.17) is 0 Å². The van der Waals surface area contributed by atoms with Crippen LogP contribution in [0.3, 0.4) is 0 Å². The molecule has 0 fully saturated rings. The fourth-order valence-corrected chi connectivity index (χ4v) is 3.79. The number of rotatable bonds is 12. The van der Waals surface area contributed by atoms with Crippen LogP contribution in [0.15, 0.2) is 57.2 Å². The second-order valence-electron chi connectivity index (χ2n) is 9.80. The zero-order valence-electron chi connectivity index (χ0n) is 21.7. The first kappa shape index (κ1) is 28.0. The van der Waals surface area contributed by atoms with Gasteiger partial charge in [-0.05, 0) is 99.8 Å². The third-order valence-electron chi connectivity index (χ3n) is 6.74. The zero-order valence-corrected chi connectivity index (χ0v) is 21.7. The first-order chi connectivity index (χ1) is 14.9. The van der Waals surface area contributed by atoms with E-state index in [1.807, 2.05) is 6.92 Å². The van der Waals surface area contributed by atoms with Crippen molar-refractivity contribution in [3.63, 3.8) is 0 Å². The van der Waals surface area contributed by atoms with Gasteiger partial charge >= 0.3 is 0 Å². The molecule has 3 nitrogen and oxygen atoms in total. The number of allylic oxidation sites excluding steroid dienone is 9. The monoisotopic (exact) mass is 440 g/mol. The van der Waals surface area contributed by atoms with Crippen molar-refractivity contribution < 1.29 is 14.7 Å². The molecule has 0 saturated heterocycles. The molecule has 0 aromatic heterocycles. The molecule has 1 aliphatic carbocycles. The number of aliphatic hydroxyl groups is 1. The molecule has 1 atom stereocenters. The van der Waals surface area contributed by atoms with E-state index in [2.05, 4.69) is 45.9 Å². The highest BCUT2D eigenvalue weighted by Crippen LogP contribution is 2.30. The Morgan fingerprint density at radius 1 is 0.812 bits per heavy atom. The highest BCUT2D eigenvalue weighted by molar-refractivity contribution is 6.24. The Kier molecular flexibility index (Phi) is 11.3. The summed E-state index contributed by atoms with van der Waals surface area (Å²) in [5, 5.41) is 10.8. The van der Waals surface area contributed by atoms with Crippen LogP contribution in [0, 0.1) is 0 Å². The van der Waals surface area contributed by atoms with Gasteiger partial charge in [-0.2, -0.15) is 0 Å². The van der Waals surface area contributed by atoms with Crippen LogP contribution in [0.5, 0.6) is 0 Å². The van der Waals surface area contributed by atoms with E-state index < -0.39 is 5.60 Å². The largest absolute Gasteiger partial charge is 0.390 e. The molecule has 0 aromatic carbocycles. The van der Waals surface area contributed by atoms with Crippen LogP contribution < -0.4 is 0 Å². The summed E-state index contributed by atoms with van der Waals surface area (Å²) in [5.41, 5.74) is 5.41. The maximum absolute atomic E-state index is 12.6. The molecule has 0 aliphatic heterocycles. The van der Waals surface area contributed by atoms with Gasteiger partial charge in [0.2, 0.25) is 0 Å². The quantitative estimate of drug-likeness (QED) is 0.252. The number of carbonyl (C=O) groups is 2. The summed E-state index contributed by atoms with van der Waals surface area (Å²) in [6.45, 7) is 15.6. The first-order valence-electron chi connectivity index (χ1n) is 12.1. The number of hydrogen-bond donors (Lipinski definition) is 1. The number of ketones is 2. The third kappa shape index (κ3) is 8.86. The van der Waals surface area contributed by atoms with Gasteiger partial charge in [-0.1, -0.05) is 41.9 Å². The van der Waals surface area contributed by atoms with Crippen LogP contribution in [0.25, 0.3) is 0 Å². The van der Waals surface area contributed by atoms with Crippen LogP contribution in [0.4, 0.5) is 0 Å².